The fourth-order valence-corrected chi connectivity index (χ4v) is 3.33. The largest absolute Gasteiger partial charge is 0.492 e. The van der Waals surface area contributed by atoms with Crippen LogP contribution in [0, 0.1) is 12.8 Å². The van der Waals surface area contributed by atoms with E-state index in [0.29, 0.717) is 16.8 Å². The molecular weight excluding hydrogens is 296 g/mol. The zero-order valence-corrected chi connectivity index (χ0v) is 14.2. The van der Waals surface area contributed by atoms with Gasteiger partial charge in [0.05, 0.1) is 5.01 Å². The van der Waals surface area contributed by atoms with E-state index < -0.39 is 0 Å². The first-order valence-corrected chi connectivity index (χ1v) is 8.26. The van der Waals surface area contributed by atoms with Crippen LogP contribution in [0.4, 0.5) is 5.69 Å². The van der Waals surface area contributed by atoms with Gasteiger partial charge in [-0.05, 0) is 36.8 Å². The lowest BCUT2D eigenvalue weighted by atomic mass is 9.91. The monoisotopic (exact) mass is 318 g/mol. The molecule has 0 aliphatic heterocycles. The van der Waals surface area contributed by atoms with Gasteiger partial charge < -0.3 is 10.4 Å². The van der Waals surface area contributed by atoms with Gasteiger partial charge in [0.25, 0.3) is 5.91 Å². The summed E-state index contributed by atoms with van der Waals surface area (Å²) >= 11 is 1.19. The van der Waals surface area contributed by atoms with Crippen molar-refractivity contribution in [1.82, 2.24) is 4.98 Å². The van der Waals surface area contributed by atoms with E-state index in [2.05, 4.69) is 31.1 Å². The van der Waals surface area contributed by atoms with Crippen molar-refractivity contribution in [2.24, 2.45) is 5.92 Å². The number of nitrogens with zero attached hydrogens (tertiary/aromatic N) is 1. The number of amides is 1. The van der Waals surface area contributed by atoms with Gasteiger partial charge in [-0.25, -0.2) is 4.98 Å². The fourth-order valence-electron chi connectivity index (χ4n) is 2.62. The molecule has 0 saturated heterocycles. The molecule has 2 rings (SSSR count). The minimum atomic E-state index is -0.313. The maximum Gasteiger partial charge on any atom is 0.271 e. The molecular formula is C17H22N2O2S. The number of thiazole rings is 1. The molecule has 0 aliphatic carbocycles. The fraction of sp³-hybridized carbons (Fsp3) is 0.412. The van der Waals surface area contributed by atoms with Crippen molar-refractivity contribution in [1.29, 1.82) is 0 Å². The van der Waals surface area contributed by atoms with Crippen molar-refractivity contribution in [3.63, 3.8) is 0 Å². The second-order valence-corrected chi connectivity index (χ2v) is 7.16. The van der Waals surface area contributed by atoms with Crippen LogP contribution in [0.25, 0.3) is 0 Å². The highest BCUT2D eigenvalue weighted by molar-refractivity contribution is 7.14. The second kappa shape index (κ2) is 6.92. The molecule has 0 radical (unpaired) electrons. The molecule has 0 saturated carbocycles. The first-order chi connectivity index (χ1) is 10.4. The second-order valence-electron chi connectivity index (χ2n) is 5.96. The van der Waals surface area contributed by atoms with E-state index >= 15 is 0 Å². The van der Waals surface area contributed by atoms with Crippen LogP contribution >= 0.6 is 11.3 Å². The zero-order chi connectivity index (χ0) is 16.3. The highest BCUT2D eigenvalue weighted by Gasteiger charge is 2.19. The number of hydrogen-bond donors (Lipinski definition) is 2. The highest BCUT2D eigenvalue weighted by atomic mass is 32.1. The molecule has 1 unspecified atom stereocenters. The van der Waals surface area contributed by atoms with E-state index in [0.717, 1.165) is 17.7 Å². The van der Waals surface area contributed by atoms with Crippen LogP contribution in [0.15, 0.2) is 24.3 Å². The molecule has 118 valence electrons. The van der Waals surface area contributed by atoms with E-state index in [1.54, 1.807) is 6.92 Å². The van der Waals surface area contributed by atoms with Gasteiger partial charge in [-0.3, -0.25) is 4.79 Å². The first-order valence-electron chi connectivity index (χ1n) is 7.45. The molecule has 4 nitrogen and oxygen atoms in total. The van der Waals surface area contributed by atoms with Gasteiger partial charge in [-0.2, -0.15) is 0 Å². The van der Waals surface area contributed by atoms with Crippen molar-refractivity contribution < 1.29 is 9.90 Å². The van der Waals surface area contributed by atoms with Crippen molar-refractivity contribution >= 4 is 22.9 Å². The summed E-state index contributed by atoms with van der Waals surface area (Å²) in [6.07, 6.45) is 1.05. The van der Waals surface area contributed by atoms with Crippen LogP contribution in [0.5, 0.6) is 5.88 Å². The van der Waals surface area contributed by atoms with E-state index in [1.807, 2.05) is 24.3 Å². The van der Waals surface area contributed by atoms with Gasteiger partial charge in [0, 0.05) is 5.69 Å². The molecule has 0 bridgehead atoms. The number of nitrogens with one attached hydrogen (secondary N) is 1. The van der Waals surface area contributed by atoms with Crippen LogP contribution in [-0.2, 0) is 0 Å². The summed E-state index contributed by atoms with van der Waals surface area (Å²) < 4.78 is 0. The Morgan fingerprint density at radius 3 is 2.59 bits per heavy atom. The van der Waals surface area contributed by atoms with E-state index in [9.17, 15) is 9.90 Å². The molecule has 1 atom stereocenters. The van der Waals surface area contributed by atoms with Crippen LogP contribution < -0.4 is 5.32 Å². The summed E-state index contributed by atoms with van der Waals surface area (Å²) in [5.41, 5.74) is 1.91. The Morgan fingerprint density at radius 2 is 2.00 bits per heavy atom. The maximum absolute atomic E-state index is 12.3. The Morgan fingerprint density at radius 1 is 1.32 bits per heavy atom. The average molecular weight is 318 g/mol. The number of aryl methyl sites for hydroxylation is 1. The Labute approximate surface area is 135 Å². The standard InChI is InChI=1S/C17H22N2O2S/c1-10(2)9-11(3)13-7-5-6-8-14(13)19-17(21)15-16(20)18-12(4)22-15/h5-8,10-11,20H,9H2,1-4H3,(H,19,21). The Balaban J connectivity index is 2.23. The first kappa shape index (κ1) is 16.5. The Bertz CT molecular complexity index is 664. The third-order valence-electron chi connectivity index (χ3n) is 3.49. The van der Waals surface area contributed by atoms with Crippen LogP contribution in [0.3, 0.4) is 0 Å². The number of para-hydroxylation sites is 1. The Kier molecular flexibility index (Phi) is 5.19. The number of aromatic hydroxyl groups is 1. The minimum Gasteiger partial charge on any atom is -0.492 e. The van der Waals surface area contributed by atoms with Gasteiger partial charge >= 0.3 is 0 Å². The SMILES string of the molecule is Cc1nc(O)c(C(=O)Nc2ccccc2C(C)CC(C)C)s1. The number of rotatable bonds is 5. The number of anilines is 1. The van der Waals surface area contributed by atoms with E-state index in [4.69, 9.17) is 0 Å². The van der Waals surface area contributed by atoms with Gasteiger partial charge in [0.1, 0.15) is 0 Å². The maximum atomic E-state index is 12.3. The summed E-state index contributed by atoms with van der Waals surface area (Å²) in [6, 6.07) is 7.82. The van der Waals surface area contributed by atoms with Gasteiger partial charge in [-0.15, -0.1) is 11.3 Å². The molecule has 0 spiro atoms. The molecule has 22 heavy (non-hydrogen) atoms. The van der Waals surface area contributed by atoms with E-state index in [-0.39, 0.29) is 16.7 Å². The molecule has 0 aliphatic rings. The smallest absolute Gasteiger partial charge is 0.271 e. The van der Waals surface area contributed by atoms with Crippen molar-refractivity contribution in [3.8, 4) is 5.88 Å². The third kappa shape index (κ3) is 3.85. The molecule has 1 amide bonds. The van der Waals surface area contributed by atoms with Gasteiger partial charge in [-0.1, -0.05) is 39.0 Å². The number of carbonyl (C=O) groups excluding carboxylic acids is 1. The molecule has 5 heteroatoms. The normalized spacial score (nSPS) is 12.4. The molecule has 1 aromatic carbocycles. The number of carbonyl (C=O) groups is 1. The lowest BCUT2D eigenvalue weighted by Crippen LogP contribution is -2.13. The molecule has 0 fully saturated rings. The molecule has 1 aromatic heterocycles. The van der Waals surface area contributed by atoms with Gasteiger partial charge in [0.15, 0.2) is 4.88 Å². The molecule has 2 aromatic rings. The number of aromatic nitrogens is 1. The summed E-state index contributed by atoms with van der Waals surface area (Å²) in [6.45, 7) is 8.31. The van der Waals surface area contributed by atoms with Gasteiger partial charge in [0.2, 0.25) is 5.88 Å². The minimum absolute atomic E-state index is 0.201. The zero-order valence-electron chi connectivity index (χ0n) is 13.4. The van der Waals surface area contributed by atoms with Crippen LogP contribution in [-0.4, -0.2) is 16.0 Å². The third-order valence-corrected chi connectivity index (χ3v) is 4.45. The van der Waals surface area contributed by atoms with E-state index in [1.165, 1.54) is 11.3 Å². The lowest BCUT2D eigenvalue weighted by molar-refractivity contribution is 0.102. The summed E-state index contributed by atoms with van der Waals surface area (Å²) in [4.78, 5) is 16.5. The molecule has 2 N–H and O–H groups in total. The van der Waals surface area contributed by atoms with Crippen molar-refractivity contribution in [2.75, 3.05) is 5.32 Å². The summed E-state index contributed by atoms with van der Waals surface area (Å²) in [5, 5.41) is 13.3. The quantitative estimate of drug-likeness (QED) is 0.849. The predicted octanol–water partition coefficient (Wildman–Crippen LogP) is 4.56. The summed E-state index contributed by atoms with van der Waals surface area (Å²) in [5.74, 6) is 0.431. The van der Waals surface area contributed by atoms with Crippen molar-refractivity contribution in [3.05, 3.63) is 39.7 Å². The van der Waals surface area contributed by atoms with Crippen LogP contribution in [0.1, 0.15) is 53.4 Å². The topological polar surface area (TPSA) is 62.2 Å². The van der Waals surface area contributed by atoms with Crippen LogP contribution in [0.2, 0.25) is 0 Å². The average Bonchev–Trinajstić information content (AvgIpc) is 2.77. The summed E-state index contributed by atoms with van der Waals surface area (Å²) in [7, 11) is 0. The van der Waals surface area contributed by atoms with Crippen molar-refractivity contribution in [2.45, 2.75) is 40.0 Å². The molecule has 1 heterocycles. The number of benzene rings is 1. The lowest BCUT2D eigenvalue weighted by Gasteiger charge is -2.18. The Hall–Kier alpha value is -1.88. The highest BCUT2D eigenvalue weighted by Crippen LogP contribution is 2.31. The number of hydrogen-bond acceptors (Lipinski definition) is 4. The predicted molar refractivity (Wildman–Crippen MR) is 90.8 cm³/mol.